The first-order valence-corrected chi connectivity index (χ1v) is 10.7. The van der Waals surface area contributed by atoms with Crippen LogP contribution in [0.5, 0.6) is 11.5 Å². The molecule has 0 fully saturated rings. The number of ether oxygens (including phenoxy) is 4. The van der Waals surface area contributed by atoms with Crippen LogP contribution in [-0.2, 0) is 20.9 Å². The SMILES string of the molecule is CCOc1ccc(NC(=O)COC(=O)c2c(COC)nc3ccccc3c2C)cc1OCC. The van der Waals surface area contributed by atoms with Crippen LogP contribution in [0.15, 0.2) is 42.5 Å². The van der Waals surface area contributed by atoms with Crippen molar-refractivity contribution in [1.82, 2.24) is 4.98 Å². The normalized spacial score (nSPS) is 10.7. The van der Waals surface area contributed by atoms with Crippen molar-refractivity contribution < 1.29 is 28.5 Å². The van der Waals surface area contributed by atoms with Gasteiger partial charge >= 0.3 is 5.97 Å². The Morgan fingerprint density at radius 3 is 2.45 bits per heavy atom. The first kappa shape index (κ1) is 24.0. The minimum Gasteiger partial charge on any atom is -0.490 e. The molecule has 0 aliphatic carbocycles. The van der Waals surface area contributed by atoms with E-state index in [9.17, 15) is 9.59 Å². The molecule has 0 bridgehead atoms. The maximum absolute atomic E-state index is 12.9. The summed E-state index contributed by atoms with van der Waals surface area (Å²) >= 11 is 0. The van der Waals surface area contributed by atoms with E-state index in [1.807, 2.05) is 45.0 Å². The third kappa shape index (κ3) is 5.78. The van der Waals surface area contributed by atoms with Crippen LogP contribution in [0.25, 0.3) is 10.9 Å². The molecule has 33 heavy (non-hydrogen) atoms. The number of aryl methyl sites for hydroxylation is 1. The molecular formula is C25H28N2O6. The molecule has 0 spiro atoms. The van der Waals surface area contributed by atoms with Crippen molar-refractivity contribution in [2.75, 3.05) is 32.2 Å². The molecule has 0 radical (unpaired) electrons. The van der Waals surface area contributed by atoms with E-state index in [0.29, 0.717) is 41.7 Å². The van der Waals surface area contributed by atoms with Gasteiger partial charge in [0.15, 0.2) is 18.1 Å². The number of esters is 1. The van der Waals surface area contributed by atoms with Gasteiger partial charge in [-0.3, -0.25) is 4.79 Å². The van der Waals surface area contributed by atoms with Crippen LogP contribution in [0.2, 0.25) is 0 Å². The second-order valence-electron chi connectivity index (χ2n) is 7.16. The predicted molar refractivity (Wildman–Crippen MR) is 125 cm³/mol. The number of carbonyl (C=O) groups excluding carboxylic acids is 2. The van der Waals surface area contributed by atoms with Gasteiger partial charge in [0.2, 0.25) is 0 Å². The van der Waals surface area contributed by atoms with Crippen LogP contribution in [0.1, 0.15) is 35.5 Å². The van der Waals surface area contributed by atoms with Crippen molar-refractivity contribution in [3.63, 3.8) is 0 Å². The molecule has 3 aromatic rings. The Hall–Kier alpha value is -3.65. The molecule has 8 heteroatoms. The van der Waals surface area contributed by atoms with Gasteiger partial charge in [-0.2, -0.15) is 0 Å². The summed E-state index contributed by atoms with van der Waals surface area (Å²) < 4.78 is 21.6. The number of amides is 1. The summed E-state index contributed by atoms with van der Waals surface area (Å²) in [7, 11) is 1.53. The smallest absolute Gasteiger partial charge is 0.340 e. The Morgan fingerprint density at radius 2 is 1.73 bits per heavy atom. The van der Waals surface area contributed by atoms with E-state index >= 15 is 0 Å². The molecule has 8 nitrogen and oxygen atoms in total. The molecule has 2 aromatic carbocycles. The van der Waals surface area contributed by atoms with E-state index < -0.39 is 18.5 Å². The zero-order chi connectivity index (χ0) is 23.8. The monoisotopic (exact) mass is 452 g/mol. The molecule has 0 aliphatic heterocycles. The molecule has 1 amide bonds. The Bertz CT molecular complexity index is 1150. The average Bonchev–Trinajstić information content (AvgIpc) is 2.80. The number of rotatable bonds is 10. The number of hydrogen-bond acceptors (Lipinski definition) is 7. The summed E-state index contributed by atoms with van der Waals surface area (Å²) in [6, 6.07) is 12.6. The Labute approximate surface area is 192 Å². The largest absolute Gasteiger partial charge is 0.490 e. The number of anilines is 1. The minimum absolute atomic E-state index is 0.148. The van der Waals surface area contributed by atoms with Crippen molar-refractivity contribution >= 4 is 28.5 Å². The molecule has 0 saturated heterocycles. The minimum atomic E-state index is -0.630. The van der Waals surface area contributed by atoms with Gasteiger partial charge in [0, 0.05) is 24.2 Å². The van der Waals surface area contributed by atoms with Crippen molar-refractivity contribution in [2.24, 2.45) is 0 Å². The summed E-state index contributed by atoms with van der Waals surface area (Å²) in [5, 5.41) is 3.55. The highest BCUT2D eigenvalue weighted by atomic mass is 16.5. The fourth-order valence-corrected chi connectivity index (χ4v) is 3.48. The van der Waals surface area contributed by atoms with Gasteiger partial charge < -0.3 is 24.3 Å². The number of fused-ring (bicyclic) bond motifs is 1. The van der Waals surface area contributed by atoms with Gasteiger partial charge in [-0.25, -0.2) is 9.78 Å². The molecule has 1 N–H and O–H groups in total. The highest BCUT2D eigenvalue weighted by Gasteiger charge is 2.21. The number of para-hydroxylation sites is 1. The molecule has 0 saturated carbocycles. The van der Waals surface area contributed by atoms with Crippen LogP contribution in [0, 0.1) is 6.92 Å². The number of nitrogens with one attached hydrogen (secondary N) is 1. The zero-order valence-corrected chi connectivity index (χ0v) is 19.3. The van der Waals surface area contributed by atoms with E-state index in [0.717, 1.165) is 16.5 Å². The average molecular weight is 453 g/mol. The lowest BCUT2D eigenvalue weighted by molar-refractivity contribution is -0.119. The number of hydrogen-bond donors (Lipinski definition) is 1. The van der Waals surface area contributed by atoms with Crippen LogP contribution < -0.4 is 14.8 Å². The lowest BCUT2D eigenvalue weighted by atomic mass is 10.0. The molecule has 0 unspecified atom stereocenters. The molecule has 0 aliphatic rings. The number of pyridine rings is 1. The third-order valence-electron chi connectivity index (χ3n) is 4.87. The predicted octanol–water partition coefficient (Wildman–Crippen LogP) is 4.28. The van der Waals surface area contributed by atoms with Gasteiger partial charge in [-0.05, 0) is 44.5 Å². The standard InChI is InChI=1S/C25H28N2O6/c1-5-31-21-12-11-17(13-22(21)32-6-2)26-23(28)15-33-25(29)24-16(3)18-9-7-8-10-19(18)27-20(24)14-30-4/h7-13H,5-6,14-15H2,1-4H3,(H,26,28). The molecule has 3 rings (SSSR count). The van der Waals surface area contributed by atoms with Crippen molar-refractivity contribution in [2.45, 2.75) is 27.4 Å². The number of carbonyl (C=O) groups is 2. The van der Waals surface area contributed by atoms with Gasteiger partial charge in [0.1, 0.15) is 0 Å². The zero-order valence-electron chi connectivity index (χ0n) is 19.3. The van der Waals surface area contributed by atoms with Gasteiger partial charge in [-0.15, -0.1) is 0 Å². The van der Waals surface area contributed by atoms with Crippen molar-refractivity contribution in [3.8, 4) is 11.5 Å². The Balaban J connectivity index is 1.73. The van der Waals surface area contributed by atoms with Gasteiger partial charge in [-0.1, -0.05) is 18.2 Å². The summed E-state index contributed by atoms with van der Waals surface area (Å²) in [6.07, 6.45) is 0. The van der Waals surface area contributed by atoms with Crippen LogP contribution in [0.3, 0.4) is 0 Å². The fraction of sp³-hybridized carbons (Fsp3) is 0.320. The topological polar surface area (TPSA) is 96.0 Å². The van der Waals surface area contributed by atoms with E-state index in [1.165, 1.54) is 7.11 Å². The highest BCUT2D eigenvalue weighted by Crippen LogP contribution is 2.30. The Morgan fingerprint density at radius 1 is 1.00 bits per heavy atom. The molecular weight excluding hydrogens is 424 g/mol. The molecule has 0 atom stereocenters. The van der Waals surface area contributed by atoms with Crippen molar-refractivity contribution in [3.05, 3.63) is 59.3 Å². The van der Waals surface area contributed by atoms with Crippen LogP contribution >= 0.6 is 0 Å². The summed E-state index contributed by atoms with van der Waals surface area (Å²) in [6.45, 7) is 6.22. The van der Waals surface area contributed by atoms with E-state index in [4.69, 9.17) is 18.9 Å². The second-order valence-corrected chi connectivity index (χ2v) is 7.16. The van der Waals surface area contributed by atoms with Crippen LogP contribution in [0.4, 0.5) is 5.69 Å². The summed E-state index contributed by atoms with van der Waals surface area (Å²) in [4.78, 5) is 29.9. The second kappa shape index (κ2) is 11.3. The third-order valence-corrected chi connectivity index (χ3v) is 4.87. The number of nitrogens with zero attached hydrogens (tertiary/aromatic N) is 1. The lowest BCUT2D eigenvalue weighted by Gasteiger charge is -2.14. The van der Waals surface area contributed by atoms with Crippen molar-refractivity contribution in [1.29, 1.82) is 0 Å². The van der Waals surface area contributed by atoms with Gasteiger partial charge in [0.05, 0.1) is 36.6 Å². The lowest BCUT2D eigenvalue weighted by Crippen LogP contribution is -2.22. The molecule has 1 aromatic heterocycles. The number of aromatic nitrogens is 1. The van der Waals surface area contributed by atoms with E-state index in [-0.39, 0.29) is 6.61 Å². The van der Waals surface area contributed by atoms with E-state index in [1.54, 1.807) is 18.2 Å². The van der Waals surface area contributed by atoms with Gasteiger partial charge in [0.25, 0.3) is 5.91 Å². The summed E-state index contributed by atoms with van der Waals surface area (Å²) in [5.74, 6) is 0.00856. The Kier molecular flexibility index (Phi) is 8.21. The van der Waals surface area contributed by atoms with E-state index in [2.05, 4.69) is 10.3 Å². The first-order chi connectivity index (χ1) is 16.0. The first-order valence-electron chi connectivity index (χ1n) is 10.7. The fourth-order valence-electron chi connectivity index (χ4n) is 3.48. The van der Waals surface area contributed by atoms with Crippen LogP contribution in [-0.4, -0.2) is 43.8 Å². The summed E-state index contributed by atoms with van der Waals surface area (Å²) in [5.41, 5.74) is 2.77. The maximum atomic E-state index is 12.9. The number of benzene rings is 2. The highest BCUT2D eigenvalue weighted by molar-refractivity contribution is 6.00. The molecule has 174 valence electrons. The quantitative estimate of drug-likeness (QED) is 0.459. The molecule has 1 heterocycles. The maximum Gasteiger partial charge on any atom is 0.340 e. The number of methoxy groups -OCH3 is 1.